The predicted molar refractivity (Wildman–Crippen MR) is 68.2 cm³/mol. The lowest BCUT2D eigenvalue weighted by atomic mass is 9.86. The highest BCUT2D eigenvalue weighted by Crippen LogP contribution is 2.33. The Kier molecular flexibility index (Phi) is 4.23. The maximum atomic E-state index is 13.0. The fourth-order valence-electron chi connectivity index (χ4n) is 2.74. The van der Waals surface area contributed by atoms with Crippen molar-refractivity contribution in [2.75, 3.05) is 0 Å². The Hall–Kier alpha value is -1.09. The first-order valence-electron chi connectivity index (χ1n) is 6.24. The Balaban J connectivity index is 2.12. The second-order valence-electron chi connectivity index (χ2n) is 4.94. The molecule has 0 amide bonds. The van der Waals surface area contributed by atoms with Gasteiger partial charge >= 0.3 is 5.97 Å². The molecule has 0 bridgehead atoms. The SMILES string of the molecule is O=C(O)C(Cc1ccc(F)c(Cl)c1)C1CCCC1. The van der Waals surface area contributed by atoms with Crippen LogP contribution in [0.4, 0.5) is 4.39 Å². The molecule has 1 aliphatic carbocycles. The van der Waals surface area contributed by atoms with Crippen LogP contribution in [0.3, 0.4) is 0 Å². The van der Waals surface area contributed by atoms with Crippen LogP contribution in [0.15, 0.2) is 18.2 Å². The second kappa shape index (κ2) is 5.70. The lowest BCUT2D eigenvalue weighted by Crippen LogP contribution is -2.24. The number of halogens is 2. The van der Waals surface area contributed by atoms with Crippen molar-refractivity contribution in [3.63, 3.8) is 0 Å². The Labute approximate surface area is 111 Å². The average Bonchev–Trinajstić information content (AvgIpc) is 2.83. The molecule has 1 saturated carbocycles. The van der Waals surface area contributed by atoms with Crippen LogP contribution < -0.4 is 0 Å². The first-order valence-corrected chi connectivity index (χ1v) is 6.62. The van der Waals surface area contributed by atoms with Gasteiger partial charge in [-0.2, -0.15) is 0 Å². The normalized spacial score (nSPS) is 17.9. The van der Waals surface area contributed by atoms with Crippen molar-refractivity contribution < 1.29 is 14.3 Å². The van der Waals surface area contributed by atoms with E-state index in [9.17, 15) is 14.3 Å². The minimum Gasteiger partial charge on any atom is -0.481 e. The summed E-state index contributed by atoms with van der Waals surface area (Å²) >= 11 is 5.71. The molecule has 98 valence electrons. The summed E-state index contributed by atoms with van der Waals surface area (Å²) in [5.74, 6) is -1.36. The van der Waals surface area contributed by atoms with E-state index in [4.69, 9.17) is 11.6 Å². The van der Waals surface area contributed by atoms with Crippen LogP contribution in [-0.2, 0) is 11.2 Å². The summed E-state index contributed by atoms with van der Waals surface area (Å²) in [5, 5.41) is 9.37. The fourth-order valence-corrected chi connectivity index (χ4v) is 2.94. The third-order valence-electron chi connectivity index (χ3n) is 3.73. The molecule has 0 radical (unpaired) electrons. The van der Waals surface area contributed by atoms with Gasteiger partial charge in [-0.05, 0) is 42.9 Å². The van der Waals surface area contributed by atoms with Crippen molar-refractivity contribution in [3.05, 3.63) is 34.6 Å². The summed E-state index contributed by atoms with van der Waals surface area (Å²) in [6, 6.07) is 4.44. The van der Waals surface area contributed by atoms with Crippen LogP contribution in [0.25, 0.3) is 0 Å². The number of hydrogen-bond acceptors (Lipinski definition) is 1. The number of hydrogen-bond donors (Lipinski definition) is 1. The van der Waals surface area contributed by atoms with E-state index in [0.717, 1.165) is 31.2 Å². The Morgan fingerprint density at radius 2 is 2.11 bits per heavy atom. The summed E-state index contributed by atoms with van der Waals surface area (Å²) in [6.45, 7) is 0. The third-order valence-corrected chi connectivity index (χ3v) is 4.02. The van der Waals surface area contributed by atoms with Crippen LogP contribution in [0, 0.1) is 17.7 Å². The van der Waals surface area contributed by atoms with Gasteiger partial charge in [0.2, 0.25) is 0 Å². The van der Waals surface area contributed by atoms with E-state index in [1.807, 2.05) is 0 Å². The van der Waals surface area contributed by atoms with E-state index < -0.39 is 11.8 Å². The molecule has 2 rings (SSSR count). The Morgan fingerprint density at radius 1 is 1.44 bits per heavy atom. The smallest absolute Gasteiger partial charge is 0.307 e. The van der Waals surface area contributed by atoms with Crippen molar-refractivity contribution in [2.24, 2.45) is 11.8 Å². The minimum absolute atomic E-state index is 0.0584. The van der Waals surface area contributed by atoms with Crippen LogP contribution in [0.1, 0.15) is 31.2 Å². The molecule has 1 aromatic carbocycles. The van der Waals surface area contributed by atoms with Crippen LogP contribution in [0.2, 0.25) is 5.02 Å². The summed E-state index contributed by atoms with van der Waals surface area (Å²) < 4.78 is 13.0. The minimum atomic E-state index is -0.762. The third kappa shape index (κ3) is 3.02. The van der Waals surface area contributed by atoms with Gasteiger partial charge in [0.15, 0.2) is 0 Å². The number of carboxylic acids is 1. The van der Waals surface area contributed by atoms with E-state index >= 15 is 0 Å². The van der Waals surface area contributed by atoms with E-state index in [-0.39, 0.29) is 16.9 Å². The van der Waals surface area contributed by atoms with Gasteiger partial charge in [-0.3, -0.25) is 4.79 Å². The molecule has 0 aromatic heterocycles. The van der Waals surface area contributed by atoms with Crippen LogP contribution in [0.5, 0.6) is 0 Å². The molecule has 0 saturated heterocycles. The number of carboxylic acid groups (broad SMARTS) is 1. The molecule has 1 aromatic rings. The molecule has 0 spiro atoms. The average molecular weight is 271 g/mol. The lowest BCUT2D eigenvalue weighted by Gasteiger charge is -2.19. The largest absolute Gasteiger partial charge is 0.481 e. The molecular weight excluding hydrogens is 255 g/mol. The molecule has 0 aliphatic heterocycles. The molecule has 1 aliphatic rings. The van der Waals surface area contributed by atoms with Gasteiger partial charge in [-0.1, -0.05) is 30.5 Å². The zero-order valence-corrected chi connectivity index (χ0v) is 10.8. The number of carbonyl (C=O) groups is 1. The highest BCUT2D eigenvalue weighted by molar-refractivity contribution is 6.30. The van der Waals surface area contributed by atoms with Crippen molar-refractivity contribution in [3.8, 4) is 0 Å². The van der Waals surface area contributed by atoms with E-state index in [1.165, 1.54) is 12.1 Å². The van der Waals surface area contributed by atoms with Crippen molar-refractivity contribution in [1.29, 1.82) is 0 Å². The van der Waals surface area contributed by atoms with Crippen molar-refractivity contribution >= 4 is 17.6 Å². The maximum Gasteiger partial charge on any atom is 0.307 e. The van der Waals surface area contributed by atoms with Gasteiger partial charge in [-0.15, -0.1) is 0 Å². The lowest BCUT2D eigenvalue weighted by molar-refractivity contribution is -0.143. The highest BCUT2D eigenvalue weighted by Gasteiger charge is 2.30. The number of benzene rings is 1. The van der Waals surface area contributed by atoms with Crippen molar-refractivity contribution in [2.45, 2.75) is 32.1 Å². The zero-order chi connectivity index (χ0) is 13.1. The Morgan fingerprint density at radius 3 is 2.67 bits per heavy atom. The molecule has 1 unspecified atom stereocenters. The summed E-state index contributed by atoms with van der Waals surface area (Å²) in [6.07, 6.45) is 4.61. The van der Waals surface area contributed by atoms with Crippen LogP contribution >= 0.6 is 11.6 Å². The van der Waals surface area contributed by atoms with Gasteiger partial charge < -0.3 is 5.11 Å². The predicted octanol–water partition coefficient (Wildman–Crippen LogP) is 3.91. The zero-order valence-electron chi connectivity index (χ0n) is 10.0. The first kappa shape index (κ1) is 13.3. The molecule has 4 heteroatoms. The van der Waals surface area contributed by atoms with Crippen LogP contribution in [-0.4, -0.2) is 11.1 Å². The molecule has 18 heavy (non-hydrogen) atoms. The molecule has 0 heterocycles. The fraction of sp³-hybridized carbons (Fsp3) is 0.500. The van der Waals surface area contributed by atoms with Gasteiger partial charge in [0.1, 0.15) is 5.82 Å². The summed E-state index contributed by atoms with van der Waals surface area (Å²) in [7, 11) is 0. The quantitative estimate of drug-likeness (QED) is 0.901. The molecule has 1 fully saturated rings. The van der Waals surface area contributed by atoms with E-state index in [1.54, 1.807) is 6.07 Å². The summed E-state index contributed by atoms with van der Waals surface area (Å²) in [4.78, 5) is 11.3. The van der Waals surface area contributed by atoms with Gasteiger partial charge in [-0.25, -0.2) is 4.39 Å². The van der Waals surface area contributed by atoms with Gasteiger partial charge in [0.25, 0.3) is 0 Å². The summed E-state index contributed by atoms with van der Waals surface area (Å²) in [5.41, 5.74) is 0.792. The Bertz CT molecular complexity index is 441. The standard InChI is InChI=1S/C14H16ClFO2/c15-12-8-9(5-6-13(12)16)7-11(14(17)18)10-3-1-2-4-10/h5-6,8,10-11H,1-4,7H2,(H,17,18). The monoisotopic (exact) mass is 270 g/mol. The number of rotatable bonds is 4. The molecule has 2 nitrogen and oxygen atoms in total. The van der Waals surface area contributed by atoms with Crippen molar-refractivity contribution in [1.82, 2.24) is 0 Å². The molecule has 1 atom stereocenters. The maximum absolute atomic E-state index is 13.0. The van der Waals surface area contributed by atoms with Gasteiger partial charge in [0.05, 0.1) is 10.9 Å². The van der Waals surface area contributed by atoms with E-state index in [2.05, 4.69) is 0 Å². The molecular formula is C14H16ClFO2. The number of aliphatic carboxylic acids is 1. The highest BCUT2D eigenvalue weighted by atomic mass is 35.5. The van der Waals surface area contributed by atoms with E-state index in [0.29, 0.717) is 6.42 Å². The topological polar surface area (TPSA) is 37.3 Å². The second-order valence-corrected chi connectivity index (χ2v) is 5.35. The van der Waals surface area contributed by atoms with Gasteiger partial charge in [0, 0.05) is 0 Å². The first-order chi connectivity index (χ1) is 8.58. The molecule has 1 N–H and O–H groups in total.